The molecule has 0 fully saturated rings. The molecule has 5 heteroatoms. The van der Waals surface area contributed by atoms with Gasteiger partial charge in [-0.05, 0) is 19.1 Å². The Balaban J connectivity index is 1.84. The van der Waals surface area contributed by atoms with Gasteiger partial charge in [-0.3, -0.25) is 10.1 Å². The lowest BCUT2D eigenvalue weighted by molar-refractivity contribution is 0.102. The summed E-state index contributed by atoms with van der Waals surface area (Å²) in [6, 6.07) is 17.0. The third kappa shape index (κ3) is 2.88. The molecule has 0 aliphatic rings. The van der Waals surface area contributed by atoms with Crippen molar-refractivity contribution in [1.82, 2.24) is 14.8 Å². The van der Waals surface area contributed by atoms with E-state index in [2.05, 4.69) is 15.4 Å². The first-order valence-electron chi connectivity index (χ1n) is 6.98. The molecular weight excluding hydrogens is 276 g/mol. The third-order valence-electron chi connectivity index (χ3n) is 3.33. The zero-order valence-corrected chi connectivity index (χ0v) is 12.4. The van der Waals surface area contributed by atoms with Crippen LogP contribution < -0.4 is 5.32 Å². The second-order valence-corrected chi connectivity index (χ2v) is 5.07. The van der Waals surface area contributed by atoms with Crippen molar-refractivity contribution in [3.05, 3.63) is 65.7 Å². The molecule has 2 aromatic carbocycles. The van der Waals surface area contributed by atoms with E-state index in [0.717, 1.165) is 5.56 Å². The Morgan fingerprint density at radius 1 is 1.05 bits per heavy atom. The monoisotopic (exact) mass is 292 g/mol. The Morgan fingerprint density at radius 3 is 2.41 bits per heavy atom. The molecule has 110 valence electrons. The Kier molecular flexibility index (Phi) is 3.70. The Hall–Kier alpha value is -2.95. The molecule has 0 bridgehead atoms. The minimum Gasteiger partial charge on any atom is -0.291 e. The van der Waals surface area contributed by atoms with Crippen molar-refractivity contribution in [1.29, 1.82) is 0 Å². The van der Waals surface area contributed by atoms with E-state index in [-0.39, 0.29) is 5.91 Å². The van der Waals surface area contributed by atoms with E-state index in [1.54, 1.807) is 23.9 Å². The number of amides is 1. The van der Waals surface area contributed by atoms with E-state index >= 15 is 0 Å². The van der Waals surface area contributed by atoms with E-state index < -0.39 is 0 Å². The number of anilines is 1. The number of hydrogen-bond acceptors (Lipinski definition) is 3. The first-order valence-corrected chi connectivity index (χ1v) is 6.98. The van der Waals surface area contributed by atoms with Gasteiger partial charge in [-0.15, -0.1) is 5.10 Å². The fourth-order valence-electron chi connectivity index (χ4n) is 2.08. The molecule has 0 aliphatic heterocycles. The highest BCUT2D eigenvalue weighted by Crippen LogP contribution is 2.18. The summed E-state index contributed by atoms with van der Waals surface area (Å²) in [6.07, 6.45) is 0. The number of rotatable bonds is 3. The van der Waals surface area contributed by atoms with Gasteiger partial charge < -0.3 is 0 Å². The first kappa shape index (κ1) is 14.0. The zero-order valence-electron chi connectivity index (χ0n) is 12.4. The molecule has 0 spiro atoms. The number of aryl methyl sites for hydroxylation is 2. The molecule has 0 saturated carbocycles. The summed E-state index contributed by atoms with van der Waals surface area (Å²) in [5.74, 6) is 0.807. The van der Waals surface area contributed by atoms with Crippen LogP contribution in [0.4, 0.5) is 5.95 Å². The molecule has 0 atom stereocenters. The summed E-state index contributed by atoms with van der Waals surface area (Å²) < 4.78 is 1.57. The Bertz CT molecular complexity index is 791. The lowest BCUT2D eigenvalue weighted by Crippen LogP contribution is -2.15. The molecule has 1 aromatic heterocycles. The van der Waals surface area contributed by atoms with Gasteiger partial charge in [0.15, 0.2) is 5.82 Å². The van der Waals surface area contributed by atoms with Crippen LogP contribution >= 0.6 is 0 Å². The smallest absolute Gasteiger partial charge is 0.258 e. The van der Waals surface area contributed by atoms with Gasteiger partial charge in [-0.25, -0.2) is 4.68 Å². The molecule has 1 amide bonds. The maximum atomic E-state index is 12.2. The Labute approximate surface area is 128 Å². The molecule has 5 nitrogen and oxygen atoms in total. The van der Waals surface area contributed by atoms with Crippen molar-refractivity contribution in [2.24, 2.45) is 7.05 Å². The largest absolute Gasteiger partial charge is 0.291 e. The van der Waals surface area contributed by atoms with Crippen LogP contribution in [0.3, 0.4) is 0 Å². The molecule has 3 rings (SSSR count). The van der Waals surface area contributed by atoms with E-state index in [4.69, 9.17) is 0 Å². The van der Waals surface area contributed by atoms with Crippen molar-refractivity contribution in [2.45, 2.75) is 6.92 Å². The van der Waals surface area contributed by atoms with Gasteiger partial charge in [-0.2, -0.15) is 4.98 Å². The predicted molar refractivity (Wildman–Crippen MR) is 85.6 cm³/mol. The number of nitrogens with one attached hydrogen (secondary N) is 1. The maximum absolute atomic E-state index is 12.2. The van der Waals surface area contributed by atoms with Crippen LogP contribution in [-0.4, -0.2) is 20.7 Å². The maximum Gasteiger partial charge on any atom is 0.258 e. The average Bonchev–Trinajstić information content (AvgIpc) is 2.90. The van der Waals surface area contributed by atoms with Crippen LogP contribution in [0.5, 0.6) is 0 Å². The second-order valence-electron chi connectivity index (χ2n) is 5.07. The van der Waals surface area contributed by atoms with Gasteiger partial charge in [0, 0.05) is 18.2 Å². The van der Waals surface area contributed by atoms with Crippen LogP contribution in [0.1, 0.15) is 15.9 Å². The number of aromatic nitrogens is 3. The molecule has 0 saturated heterocycles. The lowest BCUT2D eigenvalue weighted by atomic mass is 10.1. The number of nitrogens with zero attached hydrogens (tertiary/aromatic N) is 3. The Morgan fingerprint density at radius 2 is 1.73 bits per heavy atom. The molecule has 0 radical (unpaired) electrons. The van der Waals surface area contributed by atoms with Crippen molar-refractivity contribution >= 4 is 11.9 Å². The van der Waals surface area contributed by atoms with Crippen molar-refractivity contribution in [3.8, 4) is 11.4 Å². The number of benzene rings is 2. The summed E-state index contributed by atoms with van der Waals surface area (Å²) in [7, 11) is 1.76. The molecule has 22 heavy (non-hydrogen) atoms. The number of carbonyl (C=O) groups excluding carboxylic acids is 1. The molecular formula is C17H16N4O. The minimum absolute atomic E-state index is 0.202. The van der Waals surface area contributed by atoms with Crippen LogP contribution in [0, 0.1) is 6.92 Å². The number of carbonyl (C=O) groups is 1. The summed E-state index contributed by atoms with van der Waals surface area (Å²) >= 11 is 0. The summed E-state index contributed by atoms with van der Waals surface area (Å²) in [4.78, 5) is 16.6. The predicted octanol–water partition coefficient (Wildman–Crippen LogP) is 3.04. The lowest BCUT2D eigenvalue weighted by Gasteiger charge is -2.02. The van der Waals surface area contributed by atoms with Crippen LogP contribution in [0.15, 0.2) is 54.6 Å². The van der Waals surface area contributed by atoms with Crippen molar-refractivity contribution in [3.63, 3.8) is 0 Å². The van der Waals surface area contributed by atoms with Crippen molar-refractivity contribution in [2.75, 3.05) is 5.32 Å². The fourth-order valence-corrected chi connectivity index (χ4v) is 2.08. The SMILES string of the molecule is Cc1ccc(-c2nc(NC(=O)c3ccccc3)n(C)n2)cc1. The van der Waals surface area contributed by atoms with Gasteiger partial charge in [0.2, 0.25) is 5.95 Å². The van der Waals surface area contributed by atoms with E-state index in [9.17, 15) is 4.79 Å². The van der Waals surface area contributed by atoms with Gasteiger partial charge in [0.25, 0.3) is 5.91 Å². The second kappa shape index (κ2) is 5.81. The van der Waals surface area contributed by atoms with Crippen LogP contribution in [0.2, 0.25) is 0 Å². The highest BCUT2D eigenvalue weighted by atomic mass is 16.1. The summed E-state index contributed by atoms with van der Waals surface area (Å²) in [5.41, 5.74) is 2.68. The van der Waals surface area contributed by atoms with Crippen LogP contribution in [-0.2, 0) is 7.05 Å². The minimum atomic E-state index is -0.202. The summed E-state index contributed by atoms with van der Waals surface area (Å²) in [6.45, 7) is 2.03. The molecule has 1 N–H and O–H groups in total. The number of hydrogen-bond donors (Lipinski definition) is 1. The van der Waals surface area contributed by atoms with Crippen LogP contribution in [0.25, 0.3) is 11.4 Å². The van der Waals surface area contributed by atoms with Gasteiger partial charge in [0.1, 0.15) is 0 Å². The fraction of sp³-hybridized carbons (Fsp3) is 0.118. The van der Waals surface area contributed by atoms with Crippen molar-refractivity contribution < 1.29 is 4.79 Å². The molecule has 3 aromatic rings. The first-order chi connectivity index (χ1) is 10.6. The average molecular weight is 292 g/mol. The molecule has 0 unspecified atom stereocenters. The van der Waals surface area contributed by atoms with Gasteiger partial charge in [-0.1, -0.05) is 48.0 Å². The normalized spacial score (nSPS) is 10.5. The molecule has 1 heterocycles. The highest BCUT2D eigenvalue weighted by Gasteiger charge is 2.12. The quantitative estimate of drug-likeness (QED) is 0.807. The standard InChI is InChI=1S/C17H16N4O/c1-12-8-10-13(11-9-12)15-18-17(21(2)20-15)19-16(22)14-6-4-3-5-7-14/h3-11H,1-2H3,(H,18,19,20,22). The van der Waals surface area contributed by atoms with E-state index in [1.807, 2.05) is 49.4 Å². The summed E-state index contributed by atoms with van der Waals surface area (Å²) in [5, 5.41) is 7.13. The van der Waals surface area contributed by atoms with E-state index in [0.29, 0.717) is 17.3 Å². The zero-order chi connectivity index (χ0) is 15.5. The van der Waals surface area contributed by atoms with Gasteiger partial charge in [0.05, 0.1) is 0 Å². The van der Waals surface area contributed by atoms with Gasteiger partial charge >= 0.3 is 0 Å². The van der Waals surface area contributed by atoms with E-state index in [1.165, 1.54) is 5.56 Å². The molecule has 0 aliphatic carbocycles. The topological polar surface area (TPSA) is 59.8 Å². The third-order valence-corrected chi connectivity index (χ3v) is 3.33. The highest BCUT2D eigenvalue weighted by molar-refractivity contribution is 6.03.